The van der Waals surface area contributed by atoms with Crippen molar-refractivity contribution < 1.29 is 9.21 Å². The van der Waals surface area contributed by atoms with Crippen LogP contribution in [0.3, 0.4) is 0 Å². The maximum atomic E-state index is 11.9. The number of nitrogens with one attached hydrogen (secondary N) is 1. The van der Waals surface area contributed by atoms with Gasteiger partial charge < -0.3 is 4.42 Å². The number of thiophene rings is 1. The topological polar surface area (TPSA) is 54.6 Å². The number of hydrogen-bond donors (Lipinski definition) is 1. The number of nitrogens with zero attached hydrogens (tertiary/aromatic N) is 1. The fourth-order valence-corrected chi connectivity index (χ4v) is 2.46. The lowest BCUT2D eigenvalue weighted by Gasteiger charge is -2.03. The first-order valence-electron chi connectivity index (χ1n) is 6.17. The van der Waals surface area contributed by atoms with Gasteiger partial charge in [0.15, 0.2) is 0 Å². The Labute approximate surface area is 116 Å². The molecule has 2 aromatic rings. The minimum absolute atomic E-state index is 0.239. The van der Waals surface area contributed by atoms with E-state index in [1.54, 1.807) is 24.3 Å². The first kappa shape index (κ1) is 13.5. The molecule has 2 aromatic heterocycles. The Hall–Kier alpha value is -1.88. The van der Waals surface area contributed by atoms with Crippen LogP contribution in [-0.4, -0.2) is 11.6 Å². The molecule has 0 aliphatic heterocycles. The molecule has 1 amide bonds. The highest BCUT2D eigenvalue weighted by molar-refractivity contribution is 7.12. The third kappa shape index (κ3) is 3.32. The normalized spacial score (nSPS) is 11.6. The molecule has 0 unspecified atom stereocenters. The largest absolute Gasteiger partial charge is 0.469 e. The van der Waals surface area contributed by atoms with Crippen LogP contribution >= 0.6 is 11.3 Å². The first-order valence-corrected chi connectivity index (χ1v) is 7.05. The molecule has 4 nitrogen and oxygen atoms in total. The predicted octanol–water partition coefficient (Wildman–Crippen LogP) is 3.58. The van der Waals surface area contributed by atoms with Crippen LogP contribution in [-0.2, 0) is 0 Å². The average molecular weight is 276 g/mol. The second-order valence-corrected chi connectivity index (χ2v) is 5.06. The highest BCUT2D eigenvalue weighted by atomic mass is 32.1. The van der Waals surface area contributed by atoms with Crippen molar-refractivity contribution >= 4 is 23.0 Å². The van der Waals surface area contributed by atoms with Gasteiger partial charge in [0.1, 0.15) is 5.76 Å². The van der Waals surface area contributed by atoms with Gasteiger partial charge in [-0.05, 0) is 30.9 Å². The molecule has 1 N–H and O–H groups in total. The zero-order valence-electron chi connectivity index (χ0n) is 11.0. The second-order valence-electron chi connectivity index (χ2n) is 4.12. The Kier molecular flexibility index (Phi) is 4.52. The maximum Gasteiger partial charge on any atom is 0.274 e. The summed E-state index contributed by atoms with van der Waals surface area (Å²) >= 11 is 1.62. The van der Waals surface area contributed by atoms with E-state index in [1.165, 1.54) is 6.26 Å². The lowest BCUT2D eigenvalue weighted by atomic mass is 10.2. The van der Waals surface area contributed by atoms with E-state index in [9.17, 15) is 4.79 Å². The van der Waals surface area contributed by atoms with Crippen molar-refractivity contribution in [2.75, 3.05) is 0 Å². The molecule has 19 heavy (non-hydrogen) atoms. The summed E-state index contributed by atoms with van der Waals surface area (Å²) in [7, 11) is 0. The lowest BCUT2D eigenvalue weighted by Crippen LogP contribution is -2.20. The van der Waals surface area contributed by atoms with Gasteiger partial charge in [-0.1, -0.05) is 19.4 Å². The molecule has 0 saturated heterocycles. The number of aryl methyl sites for hydroxylation is 1. The van der Waals surface area contributed by atoms with E-state index in [4.69, 9.17) is 4.42 Å². The monoisotopic (exact) mass is 276 g/mol. The quantitative estimate of drug-likeness (QED) is 0.670. The Balaban J connectivity index is 2.11. The highest BCUT2D eigenvalue weighted by Crippen LogP contribution is 2.13. The molecule has 100 valence electrons. The summed E-state index contributed by atoms with van der Waals surface area (Å²) in [5.41, 5.74) is 4.02. The molecule has 0 atom stereocenters. The number of carbonyl (C=O) groups is 1. The van der Waals surface area contributed by atoms with Gasteiger partial charge in [0.05, 0.1) is 22.4 Å². The third-order valence-electron chi connectivity index (χ3n) is 2.69. The van der Waals surface area contributed by atoms with Gasteiger partial charge in [0, 0.05) is 0 Å². The van der Waals surface area contributed by atoms with Crippen LogP contribution in [0, 0.1) is 6.92 Å². The Morgan fingerprint density at radius 3 is 2.89 bits per heavy atom. The molecule has 0 radical (unpaired) electrons. The number of furan rings is 1. The van der Waals surface area contributed by atoms with Crippen LogP contribution in [0.4, 0.5) is 0 Å². The van der Waals surface area contributed by atoms with E-state index >= 15 is 0 Å². The fourth-order valence-electron chi connectivity index (χ4n) is 1.71. The molecule has 2 rings (SSSR count). The molecule has 0 aliphatic rings. The number of carbonyl (C=O) groups excluding carboxylic acids is 1. The standard InChI is InChI=1S/C14H16N2O2S/c1-3-5-12(13-6-4-9-19-13)15-16-14(17)11-7-8-18-10(11)2/h4,6-9H,3,5H2,1-2H3,(H,16,17)/b15-12+. The smallest absolute Gasteiger partial charge is 0.274 e. The molecule has 0 spiro atoms. The van der Waals surface area contributed by atoms with Crippen LogP contribution in [0.2, 0.25) is 0 Å². The number of amides is 1. The molecule has 0 fully saturated rings. The van der Waals surface area contributed by atoms with Gasteiger partial charge in [0.25, 0.3) is 5.91 Å². The van der Waals surface area contributed by atoms with Gasteiger partial charge in [-0.2, -0.15) is 5.10 Å². The number of hydrazone groups is 1. The SMILES string of the molecule is CCC/C(=N\NC(=O)c1ccoc1C)c1cccs1. The van der Waals surface area contributed by atoms with E-state index < -0.39 is 0 Å². The zero-order chi connectivity index (χ0) is 13.7. The van der Waals surface area contributed by atoms with E-state index in [-0.39, 0.29) is 5.91 Å². The number of rotatable bonds is 5. The molecule has 0 bridgehead atoms. The van der Waals surface area contributed by atoms with Gasteiger partial charge in [-0.3, -0.25) is 4.79 Å². The Morgan fingerprint density at radius 1 is 1.47 bits per heavy atom. The van der Waals surface area contributed by atoms with Crippen LogP contribution in [0.5, 0.6) is 0 Å². The van der Waals surface area contributed by atoms with Crippen molar-refractivity contribution in [2.24, 2.45) is 5.10 Å². The minimum atomic E-state index is -0.239. The molecule has 0 aromatic carbocycles. The van der Waals surface area contributed by atoms with Crippen LogP contribution in [0.15, 0.2) is 39.4 Å². The number of hydrogen-bond acceptors (Lipinski definition) is 4. The summed E-state index contributed by atoms with van der Waals surface area (Å²) in [5, 5.41) is 6.24. The zero-order valence-corrected chi connectivity index (χ0v) is 11.8. The summed E-state index contributed by atoms with van der Waals surface area (Å²) in [6.07, 6.45) is 3.32. The van der Waals surface area contributed by atoms with Crippen molar-refractivity contribution in [3.8, 4) is 0 Å². The fraction of sp³-hybridized carbons (Fsp3) is 0.286. The summed E-state index contributed by atoms with van der Waals surface area (Å²) < 4.78 is 5.10. The van der Waals surface area contributed by atoms with E-state index in [2.05, 4.69) is 17.5 Å². The van der Waals surface area contributed by atoms with Crippen molar-refractivity contribution in [3.63, 3.8) is 0 Å². The van der Waals surface area contributed by atoms with E-state index in [0.717, 1.165) is 23.4 Å². The summed E-state index contributed by atoms with van der Waals surface area (Å²) in [5.74, 6) is 0.359. The van der Waals surface area contributed by atoms with Crippen LogP contribution in [0.1, 0.15) is 40.8 Å². The Morgan fingerprint density at radius 2 is 2.32 bits per heavy atom. The lowest BCUT2D eigenvalue weighted by molar-refractivity contribution is 0.0953. The third-order valence-corrected chi connectivity index (χ3v) is 3.61. The summed E-state index contributed by atoms with van der Waals surface area (Å²) in [6, 6.07) is 5.63. The van der Waals surface area contributed by atoms with Crippen molar-refractivity contribution in [1.29, 1.82) is 0 Å². The molecule has 0 aliphatic carbocycles. The van der Waals surface area contributed by atoms with Gasteiger partial charge in [-0.15, -0.1) is 11.3 Å². The minimum Gasteiger partial charge on any atom is -0.469 e. The van der Waals surface area contributed by atoms with E-state index in [1.807, 2.05) is 17.5 Å². The highest BCUT2D eigenvalue weighted by Gasteiger charge is 2.11. The maximum absolute atomic E-state index is 11.9. The van der Waals surface area contributed by atoms with Crippen LogP contribution < -0.4 is 5.43 Å². The summed E-state index contributed by atoms with van der Waals surface area (Å²) in [6.45, 7) is 3.84. The summed E-state index contributed by atoms with van der Waals surface area (Å²) in [4.78, 5) is 13.0. The van der Waals surface area contributed by atoms with E-state index in [0.29, 0.717) is 11.3 Å². The average Bonchev–Trinajstić information content (AvgIpc) is 3.05. The first-order chi connectivity index (χ1) is 9.22. The van der Waals surface area contributed by atoms with Crippen molar-refractivity contribution in [2.45, 2.75) is 26.7 Å². The van der Waals surface area contributed by atoms with Crippen molar-refractivity contribution in [1.82, 2.24) is 5.43 Å². The Bertz CT molecular complexity index is 570. The molecular formula is C14H16N2O2S. The van der Waals surface area contributed by atoms with Gasteiger partial charge >= 0.3 is 0 Å². The van der Waals surface area contributed by atoms with Crippen LogP contribution in [0.25, 0.3) is 0 Å². The molecule has 5 heteroatoms. The van der Waals surface area contributed by atoms with Gasteiger partial charge in [0.2, 0.25) is 0 Å². The molecule has 0 saturated carbocycles. The predicted molar refractivity (Wildman–Crippen MR) is 76.7 cm³/mol. The van der Waals surface area contributed by atoms with Gasteiger partial charge in [-0.25, -0.2) is 5.43 Å². The molecule has 2 heterocycles. The second kappa shape index (κ2) is 6.33. The molecular weight excluding hydrogens is 260 g/mol. The van der Waals surface area contributed by atoms with Crippen molar-refractivity contribution in [3.05, 3.63) is 46.0 Å².